The SMILES string of the molecule is COc1ccc(CN2CCN(S(=O)(=O)c3cccc4ccccc34)CC2)cc1. The normalized spacial score (nSPS) is 16.3. The van der Waals surface area contributed by atoms with E-state index in [0.717, 1.165) is 36.2 Å². The maximum Gasteiger partial charge on any atom is 0.243 e. The topological polar surface area (TPSA) is 49.9 Å². The van der Waals surface area contributed by atoms with Crippen LogP contribution >= 0.6 is 0 Å². The van der Waals surface area contributed by atoms with Gasteiger partial charge in [-0.1, -0.05) is 48.5 Å². The molecule has 3 aromatic carbocycles. The highest BCUT2D eigenvalue weighted by molar-refractivity contribution is 7.89. The molecule has 0 N–H and O–H groups in total. The summed E-state index contributed by atoms with van der Waals surface area (Å²) in [5.74, 6) is 0.842. The van der Waals surface area contributed by atoms with E-state index in [4.69, 9.17) is 4.74 Å². The Labute approximate surface area is 166 Å². The van der Waals surface area contributed by atoms with Gasteiger partial charge in [-0.3, -0.25) is 4.90 Å². The minimum atomic E-state index is -3.50. The van der Waals surface area contributed by atoms with Gasteiger partial charge in [0.1, 0.15) is 5.75 Å². The first-order valence-corrected chi connectivity index (χ1v) is 10.8. The molecule has 1 aliphatic rings. The van der Waals surface area contributed by atoms with Crippen molar-refractivity contribution in [2.75, 3.05) is 33.3 Å². The van der Waals surface area contributed by atoms with Crippen LogP contribution in [0.25, 0.3) is 10.8 Å². The van der Waals surface area contributed by atoms with Gasteiger partial charge in [0.15, 0.2) is 0 Å². The number of rotatable bonds is 5. The highest BCUT2D eigenvalue weighted by atomic mass is 32.2. The van der Waals surface area contributed by atoms with E-state index < -0.39 is 10.0 Å². The van der Waals surface area contributed by atoms with E-state index in [1.807, 2.05) is 48.5 Å². The lowest BCUT2D eigenvalue weighted by Crippen LogP contribution is -2.48. The van der Waals surface area contributed by atoms with Crippen molar-refractivity contribution in [2.45, 2.75) is 11.4 Å². The smallest absolute Gasteiger partial charge is 0.243 e. The molecule has 0 saturated carbocycles. The van der Waals surface area contributed by atoms with Crippen molar-refractivity contribution in [1.82, 2.24) is 9.21 Å². The predicted molar refractivity (Wildman–Crippen MR) is 111 cm³/mol. The van der Waals surface area contributed by atoms with Gasteiger partial charge < -0.3 is 4.74 Å². The minimum absolute atomic E-state index is 0.397. The largest absolute Gasteiger partial charge is 0.497 e. The standard InChI is InChI=1S/C22H24N2O3S/c1-27-20-11-9-18(10-12-20)17-23-13-15-24(16-14-23)28(25,26)22-8-4-6-19-5-2-3-7-21(19)22/h2-12H,13-17H2,1H3. The molecule has 1 heterocycles. The third-order valence-electron chi connectivity index (χ3n) is 5.26. The van der Waals surface area contributed by atoms with E-state index in [1.165, 1.54) is 5.56 Å². The fraction of sp³-hybridized carbons (Fsp3) is 0.273. The van der Waals surface area contributed by atoms with Gasteiger partial charge >= 0.3 is 0 Å². The monoisotopic (exact) mass is 396 g/mol. The van der Waals surface area contributed by atoms with Crippen LogP contribution in [-0.2, 0) is 16.6 Å². The predicted octanol–water partition coefficient (Wildman–Crippen LogP) is 3.35. The molecule has 0 aliphatic carbocycles. The van der Waals surface area contributed by atoms with Gasteiger partial charge in [0, 0.05) is 38.1 Å². The average molecular weight is 397 g/mol. The van der Waals surface area contributed by atoms with Crippen LogP contribution in [-0.4, -0.2) is 50.9 Å². The van der Waals surface area contributed by atoms with Gasteiger partial charge in [-0.05, 0) is 29.1 Å². The zero-order valence-corrected chi connectivity index (χ0v) is 16.7. The second-order valence-electron chi connectivity index (χ2n) is 7.01. The summed E-state index contributed by atoms with van der Waals surface area (Å²) in [6, 6.07) is 21.1. The molecule has 1 saturated heterocycles. The van der Waals surface area contributed by atoms with Crippen molar-refractivity contribution >= 4 is 20.8 Å². The summed E-state index contributed by atoms with van der Waals surface area (Å²) in [5.41, 5.74) is 1.20. The van der Waals surface area contributed by atoms with Crippen LogP contribution in [0.4, 0.5) is 0 Å². The maximum atomic E-state index is 13.2. The van der Waals surface area contributed by atoms with Crippen molar-refractivity contribution in [3.63, 3.8) is 0 Å². The molecule has 0 bridgehead atoms. The lowest BCUT2D eigenvalue weighted by molar-refractivity contribution is 0.181. The third kappa shape index (κ3) is 3.76. The summed E-state index contributed by atoms with van der Waals surface area (Å²) in [6.45, 7) is 3.25. The summed E-state index contributed by atoms with van der Waals surface area (Å²) in [4.78, 5) is 2.69. The average Bonchev–Trinajstić information content (AvgIpc) is 2.74. The van der Waals surface area contributed by atoms with Crippen LogP contribution in [0.5, 0.6) is 5.75 Å². The Hall–Kier alpha value is -2.41. The van der Waals surface area contributed by atoms with Crippen LogP contribution in [0.2, 0.25) is 0 Å². The Morgan fingerprint density at radius 3 is 2.25 bits per heavy atom. The number of hydrogen-bond acceptors (Lipinski definition) is 4. The molecule has 28 heavy (non-hydrogen) atoms. The van der Waals surface area contributed by atoms with Crippen LogP contribution < -0.4 is 4.74 Å². The highest BCUT2D eigenvalue weighted by Gasteiger charge is 2.29. The van der Waals surface area contributed by atoms with Gasteiger partial charge in [0.2, 0.25) is 10.0 Å². The van der Waals surface area contributed by atoms with Crippen molar-refractivity contribution in [3.05, 3.63) is 72.3 Å². The number of benzene rings is 3. The number of hydrogen-bond donors (Lipinski definition) is 0. The van der Waals surface area contributed by atoms with Gasteiger partial charge in [-0.2, -0.15) is 4.31 Å². The lowest BCUT2D eigenvalue weighted by atomic mass is 10.1. The fourth-order valence-electron chi connectivity index (χ4n) is 3.68. The van der Waals surface area contributed by atoms with Crippen molar-refractivity contribution in [2.24, 2.45) is 0 Å². The van der Waals surface area contributed by atoms with E-state index in [-0.39, 0.29) is 0 Å². The summed E-state index contributed by atoms with van der Waals surface area (Å²) in [6.07, 6.45) is 0. The summed E-state index contributed by atoms with van der Waals surface area (Å²) < 4.78 is 33.3. The highest BCUT2D eigenvalue weighted by Crippen LogP contribution is 2.26. The van der Waals surface area contributed by atoms with Crippen LogP contribution in [0.15, 0.2) is 71.6 Å². The zero-order valence-electron chi connectivity index (χ0n) is 15.9. The first-order chi connectivity index (χ1) is 13.6. The molecule has 1 aliphatic heterocycles. The molecule has 0 unspecified atom stereocenters. The van der Waals surface area contributed by atoms with E-state index in [2.05, 4.69) is 17.0 Å². The minimum Gasteiger partial charge on any atom is -0.497 e. The number of fused-ring (bicyclic) bond motifs is 1. The number of ether oxygens (including phenoxy) is 1. The number of sulfonamides is 1. The van der Waals surface area contributed by atoms with E-state index >= 15 is 0 Å². The number of nitrogens with zero attached hydrogens (tertiary/aromatic N) is 2. The third-order valence-corrected chi connectivity index (χ3v) is 7.22. The molecule has 4 rings (SSSR count). The molecule has 1 fully saturated rings. The van der Waals surface area contributed by atoms with Crippen molar-refractivity contribution in [3.8, 4) is 5.75 Å². The molecule has 0 amide bonds. The molecule has 3 aromatic rings. The summed E-state index contributed by atoms with van der Waals surface area (Å²) >= 11 is 0. The molecular weight excluding hydrogens is 372 g/mol. The molecule has 0 aromatic heterocycles. The molecule has 0 spiro atoms. The first-order valence-electron chi connectivity index (χ1n) is 9.41. The van der Waals surface area contributed by atoms with E-state index in [9.17, 15) is 8.42 Å². The molecule has 146 valence electrons. The molecule has 0 atom stereocenters. The van der Waals surface area contributed by atoms with Crippen molar-refractivity contribution in [1.29, 1.82) is 0 Å². The molecule has 6 heteroatoms. The summed E-state index contributed by atoms with van der Waals surface area (Å²) in [5, 5.41) is 1.73. The second kappa shape index (κ2) is 7.91. The first kappa shape index (κ1) is 18.9. The Morgan fingerprint density at radius 2 is 1.54 bits per heavy atom. The fourth-order valence-corrected chi connectivity index (χ4v) is 5.31. The Bertz CT molecular complexity index is 1050. The lowest BCUT2D eigenvalue weighted by Gasteiger charge is -2.34. The van der Waals surface area contributed by atoms with E-state index in [1.54, 1.807) is 17.5 Å². The van der Waals surface area contributed by atoms with Crippen LogP contribution in [0, 0.1) is 0 Å². The van der Waals surface area contributed by atoms with Crippen LogP contribution in [0.1, 0.15) is 5.56 Å². The second-order valence-corrected chi connectivity index (χ2v) is 8.91. The van der Waals surface area contributed by atoms with Gasteiger partial charge in [0.05, 0.1) is 12.0 Å². The molecule has 0 radical (unpaired) electrons. The number of piperazine rings is 1. The van der Waals surface area contributed by atoms with Crippen LogP contribution in [0.3, 0.4) is 0 Å². The molecule has 5 nitrogen and oxygen atoms in total. The Morgan fingerprint density at radius 1 is 0.857 bits per heavy atom. The summed E-state index contributed by atoms with van der Waals surface area (Å²) in [7, 11) is -1.85. The van der Waals surface area contributed by atoms with Gasteiger partial charge in [-0.15, -0.1) is 0 Å². The Kier molecular flexibility index (Phi) is 5.35. The van der Waals surface area contributed by atoms with Gasteiger partial charge in [-0.25, -0.2) is 8.42 Å². The Balaban J connectivity index is 1.46. The maximum absolute atomic E-state index is 13.2. The van der Waals surface area contributed by atoms with Gasteiger partial charge in [0.25, 0.3) is 0 Å². The van der Waals surface area contributed by atoms with Crippen molar-refractivity contribution < 1.29 is 13.2 Å². The van der Waals surface area contributed by atoms with E-state index in [0.29, 0.717) is 18.0 Å². The molecular formula is C22H24N2O3S. The zero-order chi connectivity index (χ0) is 19.6. The number of methoxy groups -OCH3 is 1. The quantitative estimate of drug-likeness (QED) is 0.664.